The second-order valence-corrected chi connectivity index (χ2v) is 4.76. The minimum absolute atomic E-state index is 0.222. The van der Waals surface area contributed by atoms with Gasteiger partial charge in [-0.2, -0.15) is 0 Å². The summed E-state index contributed by atoms with van der Waals surface area (Å²) in [5.41, 5.74) is -2.74. The van der Waals surface area contributed by atoms with Crippen molar-refractivity contribution in [2.24, 2.45) is 0 Å². The number of aliphatic hydroxyl groups excluding tert-OH is 1. The van der Waals surface area contributed by atoms with Crippen molar-refractivity contribution >= 4 is 35.8 Å². The molecule has 0 aromatic rings. The molecular weight excluding hydrogens is 392 g/mol. The Hall–Kier alpha value is -3.26. The Morgan fingerprint density at radius 1 is 0.786 bits per heavy atom. The summed E-state index contributed by atoms with van der Waals surface area (Å²) >= 11 is 0. The molecule has 0 aliphatic heterocycles. The Morgan fingerprint density at radius 3 is 1.07 bits per heavy atom. The lowest BCUT2D eigenvalue weighted by Crippen LogP contribution is -2.42. The van der Waals surface area contributed by atoms with Gasteiger partial charge in [0, 0.05) is 13.3 Å². The highest BCUT2D eigenvalue weighted by Gasteiger charge is 2.40. The zero-order chi connectivity index (χ0) is 23.7. The van der Waals surface area contributed by atoms with Gasteiger partial charge >= 0.3 is 29.8 Å². The Morgan fingerprint density at radius 2 is 1.00 bits per heavy atom. The molecule has 0 bridgehead atoms. The maximum atomic E-state index is 10.3. The Labute approximate surface area is 158 Å². The van der Waals surface area contributed by atoms with Gasteiger partial charge in [-0.1, -0.05) is 6.92 Å². The summed E-state index contributed by atoms with van der Waals surface area (Å²) in [6.45, 7) is 3.88. The maximum absolute atomic E-state index is 10.3. The normalized spacial score (nSPS) is 10.2. The smallest absolute Gasteiger partial charge is 0.336 e. The molecule has 0 aliphatic carbocycles. The van der Waals surface area contributed by atoms with Crippen LogP contribution in [0, 0.1) is 0 Å². The van der Waals surface area contributed by atoms with Crippen molar-refractivity contribution in [1.82, 2.24) is 0 Å². The summed E-state index contributed by atoms with van der Waals surface area (Å²) in [6.07, 6.45) is -3.30. The predicted octanol–water partition coefficient (Wildman–Crippen LogP) is -1.22. The van der Waals surface area contributed by atoms with E-state index in [0.717, 1.165) is 6.92 Å². The van der Waals surface area contributed by atoms with Crippen LogP contribution in [0.4, 0.5) is 0 Å². The average molecular weight is 416 g/mol. The van der Waals surface area contributed by atoms with Gasteiger partial charge in [0.15, 0.2) is 5.60 Å². The lowest BCUT2D eigenvalue weighted by atomic mass is 9.96. The molecule has 0 aromatic heterocycles. The highest BCUT2D eigenvalue weighted by molar-refractivity contribution is 5.88. The van der Waals surface area contributed by atoms with Crippen LogP contribution in [0.15, 0.2) is 0 Å². The van der Waals surface area contributed by atoms with E-state index in [1.807, 2.05) is 0 Å². The zero-order valence-corrected chi connectivity index (χ0v) is 15.2. The Balaban J connectivity index is -0.000000159. The van der Waals surface area contributed by atoms with E-state index in [0.29, 0.717) is 0 Å². The van der Waals surface area contributed by atoms with Gasteiger partial charge in [0.2, 0.25) is 0 Å². The zero-order valence-electron chi connectivity index (χ0n) is 15.2. The van der Waals surface area contributed by atoms with Crippen molar-refractivity contribution in [1.29, 1.82) is 0 Å². The highest BCUT2D eigenvalue weighted by atomic mass is 16.4. The first-order valence-corrected chi connectivity index (χ1v) is 7.14. The molecule has 0 aliphatic rings. The number of hydrogen-bond acceptors (Lipinski definition) is 8. The highest BCUT2D eigenvalue weighted by Crippen LogP contribution is 2.15. The average Bonchev–Trinajstić information content (AvgIpc) is 2.45. The monoisotopic (exact) mass is 416 g/mol. The van der Waals surface area contributed by atoms with Gasteiger partial charge in [0.1, 0.15) is 6.10 Å². The minimum atomic E-state index is -2.74. The van der Waals surface area contributed by atoms with Crippen LogP contribution in [0.2, 0.25) is 0 Å². The largest absolute Gasteiger partial charge is 0.481 e. The third kappa shape index (κ3) is 30.6. The molecule has 0 rings (SSSR count). The number of hydrogen-bond donors (Lipinski definition) is 8. The fourth-order valence-electron chi connectivity index (χ4n) is 0.714. The number of rotatable bonds is 7. The SMILES string of the molecule is CC(=O)O.CC(O)C(=O)O.CCC(=O)O.O=C(O)CC(O)(CC(=O)O)C(=O)O. The van der Waals surface area contributed by atoms with E-state index in [-0.39, 0.29) is 6.42 Å². The molecular formula is C14H24O14. The van der Waals surface area contributed by atoms with Crippen LogP contribution in [-0.4, -0.2) is 88.4 Å². The summed E-state index contributed by atoms with van der Waals surface area (Å²) in [7, 11) is 0. The Kier molecular flexibility index (Phi) is 19.9. The summed E-state index contributed by atoms with van der Waals surface area (Å²) < 4.78 is 0. The van der Waals surface area contributed by atoms with Crippen molar-refractivity contribution < 1.29 is 69.6 Å². The van der Waals surface area contributed by atoms with Crippen LogP contribution in [0.25, 0.3) is 0 Å². The lowest BCUT2D eigenvalue weighted by molar-refractivity contribution is -0.170. The van der Waals surface area contributed by atoms with Crippen LogP contribution >= 0.6 is 0 Å². The molecule has 28 heavy (non-hydrogen) atoms. The molecule has 0 fully saturated rings. The van der Waals surface area contributed by atoms with E-state index >= 15 is 0 Å². The number of aliphatic hydroxyl groups is 2. The van der Waals surface area contributed by atoms with Crippen molar-refractivity contribution in [2.45, 2.75) is 51.7 Å². The molecule has 8 N–H and O–H groups in total. The van der Waals surface area contributed by atoms with E-state index < -0.39 is 60.4 Å². The fourth-order valence-corrected chi connectivity index (χ4v) is 0.714. The van der Waals surface area contributed by atoms with Gasteiger partial charge in [-0.25, -0.2) is 9.59 Å². The standard InChI is InChI=1S/C6H8O7.C3H6O3.C3H6O2.C2H4O2/c7-3(8)1-6(13,5(11)12)2-4(9)10;1-2(4)3(5)6;1-2-3(4)5;1-2(3)4/h13H,1-2H2,(H,7,8)(H,9,10)(H,11,12);2,4H,1H3,(H,5,6);2H2,1H3,(H,4,5);1H3,(H,3,4). The molecule has 0 radical (unpaired) electrons. The molecule has 1 atom stereocenters. The molecule has 164 valence electrons. The minimum Gasteiger partial charge on any atom is -0.481 e. The van der Waals surface area contributed by atoms with Crippen LogP contribution in [0.5, 0.6) is 0 Å². The van der Waals surface area contributed by atoms with E-state index in [9.17, 15) is 24.0 Å². The third-order valence-electron chi connectivity index (χ3n) is 1.95. The number of carbonyl (C=O) groups is 6. The first-order chi connectivity index (χ1) is 12.4. The molecule has 0 saturated heterocycles. The van der Waals surface area contributed by atoms with E-state index in [4.69, 9.17) is 45.6 Å². The van der Waals surface area contributed by atoms with Crippen LogP contribution in [0.1, 0.15) is 40.0 Å². The fraction of sp³-hybridized carbons (Fsp3) is 0.571. The third-order valence-corrected chi connectivity index (χ3v) is 1.95. The lowest BCUT2D eigenvalue weighted by Gasteiger charge is -2.18. The molecule has 14 heteroatoms. The van der Waals surface area contributed by atoms with Crippen molar-refractivity contribution in [2.75, 3.05) is 0 Å². The van der Waals surface area contributed by atoms with E-state index in [1.165, 1.54) is 6.92 Å². The summed E-state index contributed by atoms with van der Waals surface area (Å²) in [6, 6.07) is 0. The van der Waals surface area contributed by atoms with Crippen LogP contribution in [0.3, 0.4) is 0 Å². The van der Waals surface area contributed by atoms with Gasteiger partial charge in [-0.15, -0.1) is 0 Å². The summed E-state index contributed by atoms with van der Waals surface area (Å²) in [5, 5.41) is 64.7. The predicted molar refractivity (Wildman–Crippen MR) is 87.6 cm³/mol. The van der Waals surface area contributed by atoms with Crippen LogP contribution < -0.4 is 0 Å². The Bertz CT molecular complexity index is 516. The number of carboxylic acid groups (broad SMARTS) is 6. The molecule has 0 saturated carbocycles. The van der Waals surface area contributed by atoms with E-state index in [1.54, 1.807) is 6.92 Å². The first kappa shape index (κ1) is 32.4. The summed E-state index contributed by atoms with van der Waals surface area (Å²) in [5.74, 6) is -7.78. The van der Waals surface area contributed by atoms with Gasteiger partial charge < -0.3 is 40.9 Å². The molecule has 1 unspecified atom stereocenters. The van der Waals surface area contributed by atoms with Crippen molar-refractivity contribution in [3.8, 4) is 0 Å². The molecule has 0 aromatic carbocycles. The number of aliphatic carboxylic acids is 6. The van der Waals surface area contributed by atoms with E-state index in [2.05, 4.69) is 0 Å². The van der Waals surface area contributed by atoms with Crippen molar-refractivity contribution in [3.63, 3.8) is 0 Å². The molecule has 0 heterocycles. The van der Waals surface area contributed by atoms with Gasteiger partial charge in [-0.3, -0.25) is 19.2 Å². The second-order valence-electron chi connectivity index (χ2n) is 4.76. The maximum Gasteiger partial charge on any atom is 0.336 e. The number of carboxylic acids is 6. The van der Waals surface area contributed by atoms with Gasteiger partial charge in [-0.05, 0) is 6.92 Å². The van der Waals surface area contributed by atoms with Crippen LogP contribution in [-0.2, 0) is 28.8 Å². The van der Waals surface area contributed by atoms with Gasteiger partial charge in [0.05, 0.1) is 12.8 Å². The summed E-state index contributed by atoms with van der Waals surface area (Å²) in [4.78, 5) is 58.3. The van der Waals surface area contributed by atoms with Gasteiger partial charge in [0.25, 0.3) is 5.97 Å². The molecule has 14 nitrogen and oxygen atoms in total. The van der Waals surface area contributed by atoms with Crippen molar-refractivity contribution in [3.05, 3.63) is 0 Å². The second kappa shape index (κ2) is 17.2. The molecule has 0 spiro atoms. The first-order valence-electron chi connectivity index (χ1n) is 7.14. The molecule has 0 amide bonds. The quantitative estimate of drug-likeness (QED) is 0.242. The topological polar surface area (TPSA) is 264 Å².